The van der Waals surface area contributed by atoms with Crippen LogP contribution < -0.4 is 10.6 Å². The molecule has 2 unspecified atom stereocenters. The maximum Gasteiger partial charge on any atom is 0.115 e. The second kappa shape index (κ2) is 13.3. The highest BCUT2D eigenvalue weighted by Gasteiger charge is 2.16. The van der Waals surface area contributed by atoms with Crippen LogP contribution in [-0.2, 0) is 0 Å². The first-order valence-electron chi connectivity index (χ1n) is 10.4. The van der Waals surface area contributed by atoms with Gasteiger partial charge in [-0.2, -0.15) is 0 Å². The van der Waals surface area contributed by atoms with Crippen LogP contribution in [0.2, 0.25) is 10.0 Å². The van der Waals surface area contributed by atoms with E-state index in [1.54, 1.807) is 18.2 Å². The largest absolute Gasteiger partial charge is 0.508 e. The van der Waals surface area contributed by atoms with Gasteiger partial charge in [-0.3, -0.25) is 0 Å². The first-order valence-corrected chi connectivity index (χ1v) is 11.2. The zero-order chi connectivity index (χ0) is 22.7. The highest BCUT2D eigenvalue weighted by atomic mass is 35.5. The normalized spacial score (nSPS) is 15.7. The van der Waals surface area contributed by atoms with Crippen LogP contribution in [0, 0.1) is 5.92 Å². The van der Waals surface area contributed by atoms with Gasteiger partial charge in [0.2, 0.25) is 0 Å². The third kappa shape index (κ3) is 8.33. The molecule has 0 bridgehead atoms. The van der Waals surface area contributed by atoms with Crippen LogP contribution in [0.1, 0.15) is 52.1 Å². The van der Waals surface area contributed by atoms with Crippen molar-refractivity contribution < 1.29 is 5.11 Å². The monoisotopic (exact) mass is 448 g/mol. The topological polar surface area (TPSA) is 49.5 Å². The van der Waals surface area contributed by atoms with Gasteiger partial charge >= 0.3 is 0 Å². The predicted octanol–water partition coefficient (Wildman–Crippen LogP) is 7.74. The molecule has 3 nitrogen and oxygen atoms in total. The molecule has 1 aliphatic carbocycles. The van der Waals surface area contributed by atoms with Gasteiger partial charge in [0, 0.05) is 28.5 Å². The third-order valence-electron chi connectivity index (χ3n) is 4.72. The van der Waals surface area contributed by atoms with Gasteiger partial charge in [0.25, 0.3) is 0 Å². The molecule has 0 radical (unpaired) electrons. The Labute approximate surface area is 191 Å². The van der Waals surface area contributed by atoms with E-state index in [-0.39, 0.29) is 11.8 Å². The van der Waals surface area contributed by atoms with Crippen molar-refractivity contribution >= 4 is 28.9 Å². The molecule has 1 aliphatic rings. The molecule has 30 heavy (non-hydrogen) atoms. The molecule has 3 N–H and O–H groups in total. The molecule has 2 aromatic rings. The number of nitrogens with two attached hydrogens (primary N) is 1. The van der Waals surface area contributed by atoms with E-state index in [9.17, 15) is 5.11 Å². The summed E-state index contributed by atoms with van der Waals surface area (Å²) < 4.78 is 0. The van der Waals surface area contributed by atoms with Crippen molar-refractivity contribution in [2.45, 2.75) is 46.6 Å². The third-order valence-corrected chi connectivity index (χ3v) is 5.16. The van der Waals surface area contributed by atoms with Crippen molar-refractivity contribution in [3.63, 3.8) is 0 Å². The van der Waals surface area contributed by atoms with Crippen LogP contribution >= 0.6 is 23.2 Å². The number of nitrogens with zero attached hydrogens (tertiary/aromatic N) is 1. The molecule has 3 rings (SSSR count). The Hall–Kier alpha value is -2.10. The van der Waals surface area contributed by atoms with E-state index in [0.29, 0.717) is 16.0 Å². The number of hydrogen-bond donors (Lipinski definition) is 2. The fourth-order valence-electron chi connectivity index (χ4n) is 3.11. The molecule has 0 aromatic heterocycles. The number of anilines is 1. The Balaban J connectivity index is 0.000000375. The fourth-order valence-corrected chi connectivity index (χ4v) is 3.66. The van der Waals surface area contributed by atoms with E-state index in [2.05, 4.69) is 30.9 Å². The first-order chi connectivity index (χ1) is 14.3. The number of allylic oxidation sites excluding steroid dienone is 3. The van der Waals surface area contributed by atoms with Gasteiger partial charge in [0.15, 0.2) is 0 Å². The number of halogens is 2. The summed E-state index contributed by atoms with van der Waals surface area (Å²) in [6.07, 6.45) is 8.19. The lowest BCUT2D eigenvalue weighted by Crippen LogP contribution is -2.23. The number of hydrogen-bond acceptors (Lipinski definition) is 3. The second-order valence-electron chi connectivity index (χ2n) is 7.03. The van der Waals surface area contributed by atoms with Gasteiger partial charge in [0.1, 0.15) is 5.75 Å². The maximum atomic E-state index is 9.37. The highest BCUT2D eigenvalue weighted by Crippen LogP contribution is 2.32. The van der Waals surface area contributed by atoms with Crippen molar-refractivity contribution in [1.82, 2.24) is 0 Å². The fraction of sp³-hybridized carbons (Fsp3) is 0.360. The van der Waals surface area contributed by atoms with E-state index < -0.39 is 0 Å². The molecule has 0 spiro atoms. The van der Waals surface area contributed by atoms with E-state index in [1.807, 2.05) is 51.2 Å². The molecule has 0 heterocycles. The molecule has 0 aliphatic heterocycles. The number of phenolic OH excluding ortho intramolecular Hbond substituents is 1. The Kier molecular flexibility index (Phi) is 11.5. The molecule has 2 atom stereocenters. The van der Waals surface area contributed by atoms with Crippen molar-refractivity contribution in [2.24, 2.45) is 11.7 Å². The summed E-state index contributed by atoms with van der Waals surface area (Å²) in [6.45, 7) is 8.30. The lowest BCUT2D eigenvalue weighted by molar-refractivity contribution is 0.475. The van der Waals surface area contributed by atoms with Crippen LogP contribution in [0.5, 0.6) is 5.75 Å². The van der Waals surface area contributed by atoms with Crippen molar-refractivity contribution in [3.05, 3.63) is 82.0 Å². The van der Waals surface area contributed by atoms with Gasteiger partial charge in [-0.25, -0.2) is 0 Å². The lowest BCUT2D eigenvalue weighted by Gasteiger charge is -2.30. The number of phenols is 1. The molecule has 0 amide bonds. The molecular formula is C25H34Cl2N2O. The Morgan fingerprint density at radius 3 is 2.10 bits per heavy atom. The zero-order valence-electron chi connectivity index (χ0n) is 18.6. The highest BCUT2D eigenvalue weighted by molar-refractivity contribution is 6.34. The van der Waals surface area contributed by atoms with Crippen molar-refractivity contribution in [2.75, 3.05) is 11.9 Å². The minimum atomic E-state index is 0.177. The smallest absolute Gasteiger partial charge is 0.115 e. The van der Waals surface area contributed by atoms with Crippen LogP contribution in [0.4, 0.5) is 5.69 Å². The second-order valence-corrected chi connectivity index (χ2v) is 7.90. The van der Waals surface area contributed by atoms with E-state index in [0.717, 1.165) is 29.8 Å². The minimum absolute atomic E-state index is 0.177. The predicted molar refractivity (Wildman–Crippen MR) is 133 cm³/mol. The lowest BCUT2D eigenvalue weighted by atomic mass is 10.0. The average Bonchev–Trinajstić information content (AvgIpc) is 2.72. The minimum Gasteiger partial charge on any atom is -0.508 e. The van der Waals surface area contributed by atoms with E-state index in [4.69, 9.17) is 28.9 Å². The van der Waals surface area contributed by atoms with Crippen molar-refractivity contribution in [1.29, 1.82) is 0 Å². The standard InChI is InChI=1S/C16H17Cl2NO.C7H11N.C2H6/c1-3-16(11-8-12(17)10-13(18)9-11)19(2)14-4-6-15(20)7-5-14;1-6-2-4-7(8)5-3-6;1-2/h4-10,16,20H,3H2,1-2H3;2,4-6H,3,8H2,1H3;1-2H3. The summed E-state index contributed by atoms with van der Waals surface area (Å²) in [5.41, 5.74) is 8.49. The van der Waals surface area contributed by atoms with E-state index in [1.165, 1.54) is 0 Å². The molecule has 0 saturated heterocycles. The molecule has 164 valence electrons. The molecule has 5 heteroatoms. The average molecular weight is 449 g/mol. The van der Waals surface area contributed by atoms with Crippen LogP contribution in [-0.4, -0.2) is 12.2 Å². The molecule has 2 aromatic carbocycles. The SMILES string of the molecule is CC.CC1C=CC(N)=CC1.CCC(c1cc(Cl)cc(Cl)c1)N(C)c1ccc(O)cc1. The molecular weight excluding hydrogens is 415 g/mol. The Morgan fingerprint density at radius 1 is 1.10 bits per heavy atom. The van der Waals surface area contributed by atoms with Crippen molar-refractivity contribution in [3.8, 4) is 5.75 Å². The summed E-state index contributed by atoms with van der Waals surface area (Å²) in [5, 5.41) is 10.7. The van der Waals surface area contributed by atoms with Gasteiger partial charge in [-0.1, -0.05) is 63.0 Å². The Bertz CT molecular complexity index is 811. The summed E-state index contributed by atoms with van der Waals surface area (Å²) in [6, 6.07) is 13.0. The zero-order valence-corrected chi connectivity index (χ0v) is 20.1. The summed E-state index contributed by atoms with van der Waals surface area (Å²) in [7, 11) is 2.02. The maximum absolute atomic E-state index is 9.37. The number of rotatable bonds is 4. The van der Waals surface area contributed by atoms with Crippen LogP contribution in [0.3, 0.4) is 0 Å². The van der Waals surface area contributed by atoms with Crippen LogP contribution in [0.25, 0.3) is 0 Å². The summed E-state index contributed by atoms with van der Waals surface area (Å²) in [4.78, 5) is 2.15. The van der Waals surface area contributed by atoms with Gasteiger partial charge in [0.05, 0.1) is 6.04 Å². The molecule has 0 saturated carbocycles. The quantitative estimate of drug-likeness (QED) is 0.502. The summed E-state index contributed by atoms with van der Waals surface area (Å²) >= 11 is 12.2. The van der Waals surface area contributed by atoms with Gasteiger partial charge in [-0.05, 0) is 72.9 Å². The number of aromatic hydroxyl groups is 1. The molecule has 0 fully saturated rings. The van der Waals surface area contributed by atoms with E-state index >= 15 is 0 Å². The van der Waals surface area contributed by atoms with Crippen LogP contribution in [0.15, 0.2) is 66.4 Å². The van der Waals surface area contributed by atoms with Gasteiger partial charge < -0.3 is 15.7 Å². The summed E-state index contributed by atoms with van der Waals surface area (Å²) in [5.74, 6) is 0.947. The van der Waals surface area contributed by atoms with Gasteiger partial charge in [-0.15, -0.1) is 0 Å². The Morgan fingerprint density at radius 2 is 1.67 bits per heavy atom. The first kappa shape index (κ1) is 25.9. The number of benzene rings is 2.